The lowest BCUT2D eigenvalue weighted by Crippen LogP contribution is -2.42. The summed E-state index contributed by atoms with van der Waals surface area (Å²) in [6.45, 7) is 6.37. The van der Waals surface area contributed by atoms with Gasteiger partial charge in [-0.3, -0.25) is 10.1 Å². The van der Waals surface area contributed by atoms with Crippen molar-refractivity contribution in [3.8, 4) is 28.8 Å². The molecule has 1 amide bonds. The van der Waals surface area contributed by atoms with Crippen molar-refractivity contribution in [2.45, 2.75) is 38.5 Å². The van der Waals surface area contributed by atoms with Gasteiger partial charge in [0.05, 0.1) is 39.1 Å². The quantitative estimate of drug-likeness (QED) is 0.362. The Morgan fingerprint density at radius 2 is 1.89 bits per heavy atom. The lowest BCUT2D eigenvalue weighted by Gasteiger charge is -2.32. The van der Waals surface area contributed by atoms with Gasteiger partial charge in [-0.25, -0.2) is 0 Å². The van der Waals surface area contributed by atoms with Crippen molar-refractivity contribution >= 4 is 16.8 Å². The number of aromatic amines is 1. The van der Waals surface area contributed by atoms with E-state index in [0.29, 0.717) is 23.3 Å². The van der Waals surface area contributed by atoms with E-state index in [1.54, 1.807) is 14.2 Å². The third-order valence-corrected chi connectivity index (χ3v) is 6.91. The Balaban J connectivity index is 1.59. The first-order valence-corrected chi connectivity index (χ1v) is 12.2. The van der Waals surface area contributed by atoms with Crippen LogP contribution in [0.5, 0.6) is 11.5 Å². The van der Waals surface area contributed by atoms with Crippen molar-refractivity contribution in [1.82, 2.24) is 15.2 Å². The van der Waals surface area contributed by atoms with Crippen LogP contribution >= 0.6 is 0 Å². The zero-order valence-corrected chi connectivity index (χ0v) is 21.0. The molecule has 4 rings (SSSR count). The second-order valence-electron chi connectivity index (χ2n) is 9.36. The fourth-order valence-electron chi connectivity index (χ4n) is 5.10. The predicted molar refractivity (Wildman–Crippen MR) is 138 cm³/mol. The van der Waals surface area contributed by atoms with Crippen molar-refractivity contribution in [3.05, 3.63) is 47.5 Å². The van der Waals surface area contributed by atoms with Crippen LogP contribution in [0.2, 0.25) is 0 Å². The smallest absolute Gasteiger partial charge is 0.236 e. The van der Waals surface area contributed by atoms with Crippen molar-refractivity contribution in [3.63, 3.8) is 0 Å². The first-order chi connectivity index (χ1) is 17.0. The Bertz CT molecular complexity index is 1230. The van der Waals surface area contributed by atoms with Crippen molar-refractivity contribution < 1.29 is 14.3 Å². The number of piperidine rings is 1. The number of methoxy groups -OCH3 is 2. The molecule has 1 aliphatic heterocycles. The molecule has 2 N–H and O–H groups in total. The topological polar surface area (TPSA) is 90.4 Å². The predicted octanol–water partition coefficient (Wildman–Crippen LogP) is 4.79. The summed E-state index contributed by atoms with van der Waals surface area (Å²) in [5, 5.41) is 12.8. The number of likely N-dealkylation sites (tertiary alicyclic amines) is 1. The third kappa shape index (κ3) is 5.13. The number of carbonyl (C=O) groups is 1. The van der Waals surface area contributed by atoms with Crippen LogP contribution in [0, 0.1) is 11.3 Å². The first kappa shape index (κ1) is 24.6. The van der Waals surface area contributed by atoms with E-state index in [1.807, 2.05) is 23.1 Å². The molecule has 0 bridgehead atoms. The minimum atomic E-state index is 0.0708. The number of nitrogens with one attached hydrogen (secondary N) is 2. The highest BCUT2D eigenvalue weighted by Crippen LogP contribution is 2.40. The first-order valence-electron chi connectivity index (χ1n) is 12.2. The Kier molecular flexibility index (Phi) is 7.62. The molecule has 0 unspecified atom stereocenters. The zero-order valence-electron chi connectivity index (χ0n) is 21.0. The number of hydrogen-bond donors (Lipinski definition) is 2. The third-order valence-electron chi connectivity index (χ3n) is 6.91. The van der Waals surface area contributed by atoms with Crippen LogP contribution in [0.15, 0.2) is 36.4 Å². The van der Waals surface area contributed by atoms with Gasteiger partial charge in [-0.15, -0.1) is 0 Å². The summed E-state index contributed by atoms with van der Waals surface area (Å²) in [6.07, 6.45) is 1.89. The van der Waals surface area contributed by atoms with Gasteiger partial charge in [0.2, 0.25) is 5.91 Å². The highest BCUT2D eigenvalue weighted by molar-refractivity contribution is 5.92. The summed E-state index contributed by atoms with van der Waals surface area (Å²) in [5.74, 6) is 2.26. The van der Waals surface area contributed by atoms with Gasteiger partial charge in [0, 0.05) is 29.6 Å². The maximum absolute atomic E-state index is 12.4. The number of aromatic nitrogens is 1. The monoisotopic (exact) mass is 474 g/mol. The molecule has 1 saturated heterocycles. The summed E-state index contributed by atoms with van der Waals surface area (Å²) < 4.78 is 11.0. The number of H-pyrrole nitrogens is 1. The molecule has 184 valence electrons. The largest absolute Gasteiger partial charge is 0.493 e. The van der Waals surface area contributed by atoms with Gasteiger partial charge in [0.1, 0.15) is 0 Å². The molecule has 0 radical (unpaired) electrons. The molecule has 0 atom stereocenters. The SMILES string of the molecule is COc1ccc(-c2[nH]c3ccc(C4CCN(C(=O)CNCC#N)CC4)cc3c2C(C)C)cc1OC. The van der Waals surface area contributed by atoms with Crippen LogP contribution in [0.25, 0.3) is 22.2 Å². The molecular weight excluding hydrogens is 440 g/mol. The summed E-state index contributed by atoms with van der Waals surface area (Å²) >= 11 is 0. The van der Waals surface area contributed by atoms with Crippen molar-refractivity contribution in [1.29, 1.82) is 5.26 Å². The van der Waals surface area contributed by atoms with E-state index in [0.717, 1.165) is 42.7 Å². The van der Waals surface area contributed by atoms with E-state index >= 15 is 0 Å². The Morgan fingerprint density at radius 3 is 2.54 bits per heavy atom. The van der Waals surface area contributed by atoms with Gasteiger partial charge >= 0.3 is 0 Å². The fourth-order valence-corrected chi connectivity index (χ4v) is 5.10. The van der Waals surface area contributed by atoms with Crippen LogP contribution in [-0.2, 0) is 4.79 Å². The molecule has 0 aliphatic carbocycles. The number of fused-ring (bicyclic) bond motifs is 1. The Hall–Kier alpha value is -3.50. The molecule has 0 saturated carbocycles. The molecule has 1 aromatic heterocycles. The Labute approximate surface area is 207 Å². The van der Waals surface area contributed by atoms with E-state index in [9.17, 15) is 4.79 Å². The summed E-state index contributed by atoms with van der Waals surface area (Å²) in [7, 11) is 3.30. The number of ether oxygens (including phenoxy) is 2. The maximum atomic E-state index is 12.4. The average Bonchev–Trinajstić information content (AvgIpc) is 3.27. The number of nitriles is 1. The zero-order chi connectivity index (χ0) is 24.9. The van der Waals surface area contributed by atoms with Crippen LogP contribution in [0.3, 0.4) is 0 Å². The molecule has 35 heavy (non-hydrogen) atoms. The van der Waals surface area contributed by atoms with E-state index in [2.05, 4.69) is 48.4 Å². The van der Waals surface area contributed by atoms with Gasteiger partial charge in [0.25, 0.3) is 0 Å². The highest BCUT2D eigenvalue weighted by atomic mass is 16.5. The van der Waals surface area contributed by atoms with Crippen molar-refractivity contribution in [2.75, 3.05) is 40.4 Å². The van der Waals surface area contributed by atoms with Gasteiger partial charge in [0.15, 0.2) is 11.5 Å². The molecule has 3 aromatic rings. The number of carbonyl (C=O) groups excluding carboxylic acids is 1. The van der Waals surface area contributed by atoms with E-state index in [1.165, 1.54) is 16.5 Å². The summed E-state index contributed by atoms with van der Waals surface area (Å²) in [6, 6.07) is 14.8. The lowest BCUT2D eigenvalue weighted by molar-refractivity contribution is -0.131. The average molecular weight is 475 g/mol. The molecule has 1 fully saturated rings. The molecule has 7 heteroatoms. The van der Waals surface area contributed by atoms with Gasteiger partial charge < -0.3 is 19.4 Å². The summed E-state index contributed by atoms with van der Waals surface area (Å²) in [5.41, 5.74) is 5.93. The highest BCUT2D eigenvalue weighted by Gasteiger charge is 2.25. The molecule has 7 nitrogen and oxygen atoms in total. The second-order valence-corrected chi connectivity index (χ2v) is 9.36. The molecular formula is C28H34N4O3. The Morgan fingerprint density at radius 1 is 1.14 bits per heavy atom. The molecule has 2 heterocycles. The van der Waals surface area contributed by atoms with Gasteiger partial charge in [-0.05, 0) is 66.1 Å². The van der Waals surface area contributed by atoms with E-state index < -0.39 is 0 Å². The molecule has 1 aliphatic rings. The van der Waals surface area contributed by atoms with Crippen LogP contribution in [0.1, 0.15) is 49.7 Å². The number of rotatable bonds is 8. The number of amides is 1. The number of benzene rings is 2. The number of hydrogen-bond acceptors (Lipinski definition) is 5. The normalized spacial score (nSPS) is 14.3. The lowest BCUT2D eigenvalue weighted by atomic mass is 9.87. The van der Waals surface area contributed by atoms with Gasteiger partial charge in [-0.1, -0.05) is 19.9 Å². The second kappa shape index (κ2) is 10.8. The minimum Gasteiger partial charge on any atom is -0.493 e. The molecule has 0 spiro atoms. The number of nitrogens with zero attached hydrogens (tertiary/aromatic N) is 2. The van der Waals surface area contributed by atoms with E-state index in [-0.39, 0.29) is 19.0 Å². The summed E-state index contributed by atoms with van der Waals surface area (Å²) in [4.78, 5) is 17.9. The van der Waals surface area contributed by atoms with Gasteiger partial charge in [-0.2, -0.15) is 5.26 Å². The maximum Gasteiger partial charge on any atom is 0.236 e. The minimum absolute atomic E-state index is 0.0708. The van der Waals surface area contributed by atoms with Crippen LogP contribution in [-0.4, -0.2) is 56.2 Å². The molecule has 2 aromatic carbocycles. The van der Waals surface area contributed by atoms with Crippen LogP contribution < -0.4 is 14.8 Å². The van der Waals surface area contributed by atoms with Crippen molar-refractivity contribution in [2.24, 2.45) is 0 Å². The standard InChI is InChI=1S/C28H34N4O3/c1-18(2)27-22-15-20(19-9-13-32(14-10-19)26(33)17-30-12-11-29)5-7-23(22)31-28(27)21-6-8-24(34-3)25(16-21)35-4/h5-8,15-16,18-19,30-31H,9-10,12-14,17H2,1-4H3. The van der Waals surface area contributed by atoms with Crippen LogP contribution in [0.4, 0.5) is 0 Å². The van der Waals surface area contributed by atoms with E-state index in [4.69, 9.17) is 14.7 Å². The fraction of sp³-hybridized carbons (Fsp3) is 0.429.